The van der Waals surface area contributed by atoms with E-state index in [0.717, 1.165) is 22.4 Å². The number of imide groups is 1. The molecule has 2 aromatic rings. The molecule has 0 radical (unpaired) electrons. The number of para-hydroxylation sites is 1. The van der Waals surface area contributed by atoms with E-state index in [-0.39, 0.29) is 24.7 Å². The molecule has 0 saturated heterocycles. The van der Waals surface area contributed by atoms with E-state index in [1.165, 1.54) is 18.2 Å². The van der Waals surface area contributed by atoms with Crippen molar-refractivity contribution in [1.29, 1.82) is 0 Å². The third-order valence-corrected chi connectivity index (χ3v) is 4.24. The van der Waals surface area contributed by atoms with E-state index >= 15 is 0 Å². The van der Waals surface area contributed by atoms with Gasteiger partial charge in [-0.1, -0.05) is 29.8 Å². The number of aryl methyl sites for hydroxylation is 3. The Morgan fingerprint density at radius 2 is 1.52 bits per heavy atom. The number of halogens is 1. The number of carbonyl (C=O) groups excluding carboxylic acids is 3. The summed E-state index contributed by atoms with van der Waals surface area (Å²) in [5.41, 5.74) is 3.79. The van der Waals surface area contributed by atoms with Gasteiger partial charge in [0.2, 0.25) is 0 Å². The van der Waals surface area contributed by atoms with E-state index in [2.05, 4.69) is 16.0 Å². The van der Waals surface area contributed by atoms with E-state index in [1.54, 1.807) is 13.1 Å². The van der Waals surface area contributed by atoms with Gasteiger partial charge in [0.1, 0.15) is 5.82 Å². The topological polar surface area (TPSA) is 91.7 Å². The average molecular weight is 401 g/mol. The number of hydrogen-bond acceptors (Lipinski definition) is 3. The van der Waals surface area contributed by atoms with E-state index in [1.807, 2.05) is 32.9 Å². The first-order chi connectivity index (χ1) is 13.7. The van der Waals surface area contributed by atoms with E-state index in [9.17, 15) is 18.8 Å². The van der Waals surface area contributed by atoms with Crippen LogP contribution in [-0.2, 0) is 9.59 Å². The molecule has 0 bridgehead atoms. The Balaban J connectivity index is 1.83. The normalized spacial score (nSPS) is 11.5. The van der Waals surface area contributed by atoms with Crippen molar-refractivity contribution < 1.29 is 23.7 Å². The van der Waals surface area contributed by atoms with Crippen LogP contribution in [0.25, 0.3) is 0 Å². The van der Waals surface area contributed by atoms with Crippen LogP contribution in [0.2, 0.25) is 0 Å². The molecule has 7 nitrogen and oxygen atoms in total. The molecule has 0 aromatic heterocycles. The average Bonchev–Trinajstić information content (AvgIpc) is 2.59. The second-order valence-electron chi connectivity index (χ2n) is 7.11. The Morgan fingerprint density at radius 3 is 2.14 bits per heavy atom. The second-order valence-corrected chi connectivity index (χ2v) is 7.11. The zero-order chi connectivity index (χ0) is 21.6. The maximum absolute atomic E-state index is 13.5. The fourth-order valence-electron chi connectivity index (χ4n) is 3.06. The summed E-state index contributed by atoms with van der Waals surface area (Å²) in [6.07, 6.45) is 0. The van der Waals surface area contributed by atoms with Crippen molar-refractivity contribution in [3.05, 3.63) is 58.9 Å². The third kappa shape index (κ3) is 6.69. The highest BCUT2D eigenvalue weighted by molar-refractivity contribution is 6.01. The van der Waals surface area contributed by atoms with Gasteiger partial charge in [0, 0.05) is 5.69 Å². The lowest BCUT2D eigenvalue weighted by molar-refractivity contribution is -0.862. The lowest BCUT2D eigenvalue weighted by Gasteiger charge is -2.16. The summed E-state index contributed by atoms with van der Waals surface area (Å²) in [4.78, 5) is 36.7. The summed E-state index contributed by atoms with van der Waals surface area (Å²) < 4.78 is 13.5. The molecule has 2 rings (SSSR count). The maximum atomic E-state index is 13.5. The van der Waals surface area contributed by atoms with E-state index in [4.69, 9.17) is 0 Å². The van der Waals surface area contributed by atoms with Gasteiger partial charge in [-0.2, -0.15) is 0 Å². The first-order valence-corrected chi connectivity index (χ1v) is 9.20. The van der Waals surface area contributed by atoms with Gasteiger partial charge in [0.15, 0.2) is 13.1 Å². The number of hydrogen-bond donors (Lipinski definition) is 4. The molecule has 1 unspecified atom stereocenters. The summed E-state index contributed by atoms with van der Waals surface area (Å²) in [6.45, 7) is 5.80. The predicted molar refractivity (Wildman–Crippen MR) is 109 cm³/mol. The van der Waals surface area contributed by atoms with Gasteiger partial charge >= 0.3 is 6.03 Å². The van der Waals surface area contributed by atoms with Crippen LogP contribution in [0.4, 0.5) is 20.6 Å². The molecule has 29 heavy (non-hydrogen) atoms. The van der Waals surface area contributed by atoms with Crippen LogP contribution in [0.5, 0.6) is 0 Å². The zero-order valence-corrected chi connectivity index (χ0v) is 17.0. The quantitative estimate of drug-likeness (QED) is 0.592. The summed E-state index contributed by atoms with van der Waals surface area (Å²) in [7, 11) is 1.67. The van der Waals surface area contributed by atoms with Crippen LogP contribution < -0.4 is 20.9 Å². The Bertz CT molecular complexity index is 907. The summed E-state index contributed by atoms with van der Waals surface area (Å²) >= 11 is 0. The molecular weight excluding hydrogens is 375 g/mol. The van der Waals surface area contributed by atoms with Crippen molar-refractivity contribution in [2.45, 2.75) is 20.8 Å². The van der Waals surface area contributed by atoms with Gasteiger partial charge in [-0.05, 0) is 44.0 Å². The standard InChI is InChI=1S/C21H25FN4O3/c1-13-9-14(2)20(15(3)10-13)24-18(27)11-26(4)12-19(28)25-21(29)23-17-8-6-5-7-16(17)22/h5-10H,11-12H2,1-4H3,(H,24,27)(H2,23,25,28,29)/p+1. The highest BCUT2D eigenvalue weighted by Gasteiger charge is 2.18. The van der Waals surface area contributed by atoms with E-state index < -0.39 is 17.8 Å². The molecular formula is C21H26FN4O3+. The third-order valence-electron chi connectivity index (χ3n) is 4.24. The number of nitrogens with one attached hydrogen (secondary N) is 4. The largest absolute Gasteiger partial charge is 0.326 e. The van der Waals surface area contributed by atoms with Crippen LogP contribution in [-0.4, -0.2) is 38.0 Å². The molecule has 2 aromatic carbocycles. The number of benzene rings is 2. The zero-order valence-electron chi connectivity index (χ0n) is 17.0. The highest BCUT2D eigenvalue weighted by Crippen LogP contribution is 2.21. The molecule has 4 amide bonds. The maximum Gasteiger partial charge on any atom is 0.326 e. The first-order valence-electron chi connectivity index (χ1n) is 9.20. The van der Waals surface area contributed by atoms with Crippen LogP contribution in [0, 0.1) is 26.6 Å². The van der Waals surface area contributed by atoms with Crippen LogP contribution >= 0.6 is 0 Å². The van der Waals surface area contributed by atoms with Gasteiger partial charge in [0.25, 0.3) is 11.8 Å². The molecule has 4 N–H and O–H groups in total. The minimum Gasteiger partial charge on any atom is -0.322 e. The molecule has 0 aliphatic rings. The molecule has 0 spiro atoms. The van der Waals surface area contributed by atoms with Crippen LogP contribution in [0.3, 0.4) is 0 Å². The Labute approximate surface area is 169 Å². The molecule has 1 atom stereocenters. The second kappa shape index (κ2) is 9.79. The van der Waals surface area contributed by atoms with Crippen molar-refractivity contribution in [1.82, 2.24) is 5.32 Å². The Morgan fingerprint density at radius 1 is 0.931 bits per heavy atom. The fraction of sp³-hybridized carbons (Fsp3) is 0.286. The van der Waals surface area contributed by atoms with Crippen molar-refractivity contribution in [2.24, 2.45) is 0 Å². The summed E-state index contributed by atoms with van der Waals surface area (Å²) in [5.74, 6) is -1.41. The number of likely N-dealkylation sites (N-methyl/N-ethyl adjacent to an activating group) is 1. The fourth-order valence-corrected chi connectivity index (χ4v) is 3.06. The lowest BCUT2D eigenvalue weighted by Crippen LogP contribution is -3.11. The SMILES string of the molecule is Cc1cc(C)c(NC(=O)C[NH+](C)CC(=O)NC(=O)Nc2ccccc2F)c(C)c1. The smallest absolute Gasteiger partial charge is 0.322 e. The molecule has 0 fully saturated rings. The molecule has 0 saturated carbocycles. The number of urea groups is 1. The van der Waals surface area contributed by atoms with Crippen molar-refractivity contribution in [3.8, 4) is 0 Å². The number of anilines is 2. The molecule has 0 aliphatic carbocycles. The number of quaternary nitrogens is 1. The summed E-state index contributed by atoms with van der Waals surface area (Å²) in [5, 5.41) is 7.27. The molecule has 154 valence electrons. The molecule has 8 heteroatoms. The lowest BCUT2D eigenvalue weighted by atomic mass is 10.1. The Hall–Kier alpha value is -3.26. The minimum atomic E-state index is -0.830. The van der Waals surface area contributed by atoms with Crippen molar-refractivity contribution in [3.63, 3.8) is 0 Å². The van der Waals surface area contributed by atoms with Gasteiger partial charge in [-0.25, -0.2) is 9.18 Å². The van der Waals surface area contributed by atoms with Crippen molar-refractivity contribution in [2.75, 3.05) is 30.8 Å². The van der Waals surface area contributed by atoms with Gasteiger partial charge in [-0.15, -0.1) is 0 Å². The van der Waals surface area contributed by atoms with Gasteiger partial charge in [0.05, 0.1) is 12.7 Å². The minimum absolute atomic E-state index is 0.0262. The van der Waals surface area contributed by atoms with E-state index in [0.29, 0.717) is 4.90 Å². The predicted octanol–water partition coefficient (Wildman–Crippen LogP) is 1.55. The van der Waals surface area contributed by atoms with Crippen LogP contribution in [0.1, 0.15) is 16.7 Å². The number of amides is 4. The van der Waals surface area contributed by atoms with Crippen molar-refractivity contribution >= 4 is 29.2 Å². The molecule has 0 aliphatic heterocycles. The highest BCUT2D eigenvalue weighted by atomic mass is 19.1. The monoisotopic (exact) mass is 401 g/mol. The molecule has 0 heterocycles. The Kier molecular flexibility index (Phi) is 7.44. The first kappa shape index (κ1) is 22.0. The number of carbonyl (C=O) groups is 3. The van der Waals surface area contributed by atoms with Gasteiger partial charge in [-0.3, -0.25) is 14.9 Å². The summed E-state index contributed by atoms with van der Waals surface area (Å²) in [6, 6.07) is 8.79. The van der Waals surface area contributed by atoms with Gasteiger partial charge < -0.3 is 15.5 Å². The number of rotatable bonds is 6. The van der Waals surface area contributed by atoms with Crippen LogP contribution in [0.15, 0.2) is 36.4 Å².